The summed E-state index contributed by atoms with van der Waals surface area (Å²) < 4.78 is 39.6. The second-order valence-electron chi connectivity index (χ2n) is 6.79. The van der Waals surface area contributed by atoms with Crippen molar-refractivity contribution in [1.29, 1.82) is 0 Å². The maximum atomic E-state index is 13.7. The number of rotatable bonds is 4. The number of nitrogens with zero attached hydrogens (tertiary/aromatic N) is 3. The third-order valence-electron chi connectivity index (χ3n) is 4.94. The van der Waals surface area contributed by atoms with Crippen LogP contribution in [0.5, 0.6) is 5.75 Å². The average Bonchev–Trinajstić information content (AvgIpc) is 2.96. The zero-order valence-corrected chi connectivity index (χ0v) is 14.4. The van der Waals surface area contributed by atoms with E-state index in [-0.39, 0.29) is 12.4 Å². The van der Waals surface area contributed by atoms with Crippen molar-refractivity contribution in [2.75, 3.05) is 23.4 Å². The van der Waals surface area contributed by atoms with Crippen LogP contribution in [0.2, 0.25) is 0 Å². The highest BCUT2D eigenvalue weighted by atomic mass is 19.3. The van der Waals surface area contributed by atoms with Crippen LogP contribution in [-0.4, -0.2) is 52.8 Å². The molecular formula is C17H15F2N5O4. The van der Waals surface area contributed by atoms with Crippen molar-refractivity contribution in [3.8, 4) is 17.1 Å². The number of hydrogen-bond donors (Lipinski definition) is 2. The lowest BCUT2D eigenvalue weighted by Crippen LogP contribution is -2.33. The number of hydrogen-bond acceptors (Lipinski definition) is 6. The predicted octanol–water partition coefficient (Wildman–Crippen LogP) is 1.18. The van der Waals surface area contributed by atoms with Crippen molar-refractivity contribution < 1.29 is 27.8 Å². The lowest BCUT2D eigenvalue weighted by atomic mass is 10.1. The molecule has 11 heteroatoms. The SMILES string of the molecule is NC(=O)CNc1ccc2c(c1)OCCn1cc(N3C(=O)OC4C3C4(F)F)nc1-2. The van der Waals surface area contributed by atoms with Gasteiger partial charge in [-0.1, -0.05) is 0 Å². The fourth-order valence-electron chi connectivity index (χ4n) is 3.53. The second-order valence-corrected chi connectivity index (χ2v) is 6.79. The molecule has 2 amide bonds. The van der Waals surface area contributed by atoms with Crippen LogP contribution in [0.3, 0.4) is 0 Å². The van der Waals surface area contributed by atoms with E-state index in [2.05, 4.69) is 10.3 Å². The Balaban J connectivity index is 1.49. The van der Waals surface area contributed by atoms with E-state index < -0.39 is 30.1 Å². The number of aromatic nitrogens is 2. The topological polar surface area (TPSA) is 112 Å². The van der Waals surface area contributed by atoms with E-state index in [1.54, 1.807) is 29.0 Å². The molecule has 0 bridgehead atoms. The van der Waals surface area contributed by atoms with E-state index in [1.807, 2.05) is 0 Å². The summed E-state index contributed by atoms with van der Waals surface area (Å²) in [5.41, 5.74) is 6.41. The quantitative estimate of drug-likeness (QED) is 0.810. The number of nitrogens with two attached hydrogens (primary N) is 1. The van der Waals surface area contributed by atoms with E-state index in [9.17, 15) is 18.4 Å². The first kappa shape index (κ1) is 16.8. The Morgan fingerprint density at radius 3 is 3.00 bits per heavy atom. The minimum Gasteiger partial charge on any atom is -0.491 e. The Hall–Kier alpha value is -3.37. The summed E-state index contributed by atoms with van der Waals surface area (Å²) in [6, 6.07) is 3.86. The molecule has 0 spiro atoms. The van der Waals surface area contributed by atoms with Crippen LogP contribution < -0.4 is 20.7 Å². The zero-order valence-electron chi connectivity index (χ0n) is 14.4. The Kier molecular flexibility index (Phi) is 3.33. The third kappa shape index (κ3) is 2.38. The standard InChI is InChI=1S/C17H15F2N5O4/c18-17(19)13-14(17)28-16(26)24(13)12-7-23-3-4-27-10-5-8(21-6-11(20)25)1-2-9(10)15(23)22-12/h1-2,5,7,13-14,21H,3-4,6H2,(H2,20,25). The molecule has 2 atom stereocenters. The first-order valence-corrected chi connectivity index (χ1v) is 8.60. The molecule has 9 nitrogen and oxygen atoms in total. The van der Waals surface area contributed by atoms with Gasteiger partial charge in [0.2, 0.25) is 5.91 Å². The summed E-state index contributed by atoms with van der Waals surface area (Å²) in [7, 11) is 0. The monoisotopic (exact) mass is 391 g/mol. The summed E-state index contributed by atoms with van der Waals surface area (Å²) >= 11 is 0. The van der Waals surface area contributed by atoms with Crippen LogP contribution in [0.4, 0.5) is 25.1 Å². The number of alkyl halides is 2. The third-order valence-corrected chi connectivity index (χ3v) is 4.94. The lowest BCUT2D eigenvalue weighted by Gasteiger charge is -2.15. The first-order valence-electron chi connectivity index (χ1n) is 8.60. The van der Waals surface area contributed by atoms with E-state index in [0.29, 0.717) is 36.0 Å². The minimum atomic E-state index is -3.06. The molecule has 2 aromatic rings. The summed E-state index contributed by atoms with van der Waals surface area (Å²) in [4.78, 5) is 28.2. The number of halogens is 2. The van der Waals surface area contributed by atoms with Gasteiger partial charge in [0.1, 0.15) is 18.2 Å². The van der Waals surface area contributed by atoms with Crippen LogP contribution in [0.25, 0.3) is 11.4 Å². The number of amides is 2. The highest BCUT2D eigenvalue weighted by molar-refractivity contribution is 5.92. The fraction of sp³-hybridized carbons (Fsp3) is 0.353. The maximum Gasteiger partial charge on any atom is 0.416 e. The van der Waals surface area contributed by atoms with Crippen molar-refractivity contribution in [3.05, 3.63) is 24.4 Å². The summed E-state index contributed by atoms with van der Waals surface area (Å²) in [5, 5.41) is 2.88. The number of ether oxygens (including phenoxy) is 2. The molecule has 1 aromatic heterocycles. The molecule has 1 aliphatic carbocycles. The highest BCUT2D eigenvalue weighted by Gasteiger charge is 2.80. The first-order chi connectivity index (χ1) is 13.4. The molecule has 2 aliphatic heterocycles. The van der Waals surface area contributed by atoms with Crippen LogP contribution >= 0.6 is 0 Å². The van der Waals surface area contributed by atoms with E-state index in [4.69, 9.17) is 15.2 Å². The van der Waals surface area contributed by atoms with Crippen LogP contribution in [0.1, 0.15) is 0 Å². The average molecular weight is 391 g/mol. The van der Waals surface area contributed by atoms with Crippen LogP contribution in [0, 0.1) is 0 Å². The summed E-state index contributed by atoms with van der Waals surface area (Å²) in [6.07, 6.45) is -0.682. The number of fused-ring (bicyclic) bond motifs is 4. The second kappa shape index (κ2) is 5.57. The van der Waals surface area contributed by atoms with E-state index in [0.717, 1.165) is 4.90 Å². The van der Waals surface area contributed by atoms with Gasteiger partial charge in [-0.3, -0.25) is 4.79 Å². The number of carbonyl (C=O) groups excluding carboxylic acids is 2. The number of nitrogens with one attached hydrogen (secondary N) is 1. The maximum absolute atomic E-state index is 13.7. The van der Waals surface area contributed by atoms with Gasteiger partial charge in [0.25, 0.3) is 0 Å². The number of carbonyl (C=O) groups is 2. The Morgan fingerprint density at radius 2 is 2.25 bits per heavy atom. The zero-order chi connectivity index (χ0) is 19.6. The van der Waals surface area contributed by atoms with Gasteiger partial charge in [-0.2, -0.15) is 8.78 Å². The molecule has 28 heavy (non-hydrogen) atoms. The predicted molar refractivity (Wildman–Crippen MR) is 92.3 cm³/mol. The molecule has 1 saturated carbocycles. The molecule has 1 saturated heterocycles. The fourth-order valence-corrected chi connectivity index (χ4v) is 3.53. The van der Waals surface area contributed by atoms with Crippen molar-refractivity contribution in [2.24, 2.45) is 5.73 Å². The molecule has 3 aliphatic rings. The van der Waals surface area contributed by atoms with E-state index in [1.165, 1.54) is 0 Å². The molecule has 146 valence electrons. The largest absolute Gasteiger partial charge is 0.491 e. The number of benzene rings is 1. The molecule has 0 radical (unpaired) electrons. The van der Waals surface area contributed by atoms with Gasteiger partial charge in [-0.15, -0.1) is 0 Å². The van der Waals surface area contributed by atoms with Crippen molar-refractivity contribution in [3.63, 3.8) is 0 Å². The Bertz CT molecular complexity index is 1010. The number of primary amides is 1. The van der Waals surface area contributed by atoms with Gasteiger partial charge in [-0.05, 0) is 12.1 Å². The highest BCUT2D eigenvalue weighted by Crippen LogP contribution is 2.54. The molecule has 5 rings (SSSR count). The van der Waals surface area contributed by atoms with Crippen molar-refractivity contribution in [2.45, 2.75) is 24.6 Å². The van der Waals surface area contributed by atoms with Gasteiger partial charge in [-0.25, -0.2) is 14.7 Å². The van der Waals surface area contributed by atoms with E-state index >= 15 is 0 Å². The van der Waals surface area contributed by atoms with Crippen LogP contribution in [-0.2, 0) is 16.1 Å². The van der Waals surface area contributed by atoms with Gasteiger partial charge in [0.15, 0.2) is 18.0 Å². The van der Waals surface area contributed by atoms with Gasteiger partial charge >= 0.3 is 12.0 Å². The summed E-state index contributed by atoms with van der Waals surface area (Å²) in [5.74, 6) is -2.43. The normalized spacial score (nSPS) is 23.6. The lowest BCUT2D eigenvalue weighted by molar-refractivity contribution is -0.116. The van der Waals surface area contributed by atoms with Crippen molar-refractivity contribution >= 4 is 23.5 Å². The molecule has 1 aromatic carbocycles. The number of imidazole rings is 1. The number of anilines is 2. The van der Waals surface area contributed by atoms with Crippen LogP contribution in [0.15, 0.2) is 24.4 Å². The molecule has 2 fully saturated rings. The molecule has 2 unspecified atom stereocenters. The summed E-state index contributed by atoms with van der Waals surface area (Å²) in [6.45, 7) is 0.724. The molecule has 3 heterocycles. The van der Waals surface area contributed by atoms with Gasteiger partial charge in [0.05, 0.1) is 18.7 Å². The van der Waals surface area contributed by atoms with Gasteiger partial charge in [0, 0.05) is 18.0 Å². The smallest absolute Gasteiger partial charge is 0.416 e. The minimum absolute atomic E-state index is 0.0224. The Morgan fingerprint density at radius 1 is 1.43 bits per heavy atom. The molecule has 3 N–H and O–H groups in total. The van der Waals surface area contributed by atoms with Gasteiger partial charge < -0.3 is 25.1 Å². The Labute approximate surface area is 157 Å². The van der Waals surface area contributed by atoms with Crippen molar-refractivity contribution in [1.82, 2.24) is 9.55 Å². The molecular weight excluding hydrogens is 376 g/mol.